The van der Waals surface area contributed by atoms with Crippen LogP contribution in [0.5, 0.6) is 23.0 Å². The summed E-state index contributed by atoms with van der Waals surface area (Å²) < 4.78 is 23.8. The maximum atomic E-state index is 10.6. The molecule has 0 aliphatic rings. The van der Waals surface area contributed by atoms with Crippen LogP contribution >= 0.6 is 0 Å². The Morgan fingerprint density at radius 1 is 0.385 bits per heavy atom. The zero-order valence-corrected chi connectivity index (χ0v) is 30.5. The molecular weight excluding hydrogens is 645 g/mol. The molecule has 0 saturated heterocycles. The summed E-state index contributed by atoms with van der Waals surface area (Å²) in [4.78, 5) is 0. The van der Waals surface area contributed by atoms with Crippen LogP contribution in [-0.4, -0.2) is 24.4 Å². The minimum Gasteiger partial charge on any atom is -0.491 e. The highest BCUT2D eigenvalue weighted by Gasteiger charge is 2.24. The van der Waals surface area contributed by atoms with Gasteiger partial charge >= 0.3 is 0 Å². The molecule has 0 heterocycles. The predicted octanol–water partition coefficient (Wildman–Crippen LogP) is 10.3. The van der Waals surface area contributed by atoms with Gasteiger partial charge in [0.15, 0.2) is 0 Å². The van der Waals surface area contributed by atoms with Gasteiger partial charge in [0, 0.05) is 10.8 Å². The van der Waals surface area contributed by atoms with E-state index in [-0.39, 0.29) is 24.0 Å². The van der Waals surface area contributed by atoms with Gasteiger partial charge in [-0.15, -0.1) is 0 Å². The molecule has 0 fully saturated rings. The third-order valence-corrected chi connectivity index (χ3v) is 9.69. The standard InChI is InChI=1S/C47H48O5/c1-46(2,37-15-23-42(24-16-37)49-31-35-11-7-5-8-12-35)39-19-27-44(28-20-39)51-33-41(48)34-52-45-29-21-40(22-30-45)47(3,4)38-17-25-43(26-18-38)50-32-36-13-9-6-10-14-36/h5-30,41,48H,31-34H2,1-4H3. The van der Waals surface area contributed by atoms with Gasteiger partial charge in [-0.05, 0) is 81.9 Å². The molecule has 5 nitrogen and oxygen atoms in total. The first-order chi connectivity index (χ1) is 25.2. The van der Waals surface area contributed by atoms with Gasteiger partial charge in [0.25, 0.3) is 0 Å². The molecule has 0 spiro atoms. The van der Waals surface area contributed by atoms with Gasteiger partial charge in [0.2, 0.25) is 0 Å². The van der Waals surface area contributed by atoms with Gasteiger partial charge < -0.3 is 24.1 Å². The summed E-state index contributed by atoms with van der Waals surface area (Å²) in [6.45, 7) is 10.2. The second-order valence-electron chi connectivity index (χ2n) is 14.2. The van der Waals surface area contributed by atoms with Crippen molar-refractivity contribution in [3.05, 3.63) is 191 Å². The Labute approximate surface area is 308 Å². The lowest BCUT2D eigenvalue weighted by molar-refractivity contribution is 0.0626. The third-order valence-electron chi connectivity index (χ3n) is 9.69. The Morgan fingerprint density at radius 2 is 0.654 bits per heavy atom. The average molecular weight is 693 g/mol. The van der Waals surface area contributed by atoms with E-state index < -0.39 is 6.10 Å². The molecule has 0 unspecified atom stereocenters. The summed E-state index contributed by atoms with van der Waals surface area (Å²) in [6.07, 6.45) is -0.780. The molecule has 0 bridgehead atoms. The Balaban J connectivity index is 0.947. The number of aliphatic hydroxyl groups excluding tert-OH is 1. The normalized spacial score (nSPS) is 11.7. The topological polar surface area (TPSA) is 57.2 Å². The van der Waals surface area contributed by atoms with Gasteiger partial charge in [-0.3, -0.25) is 0 Å². The van der Waals surface area contributed by atoms with Gasteiger partial charge in [-0.1, -0.05) is 137 Å². The molecular formula is C47H48O5. The van der Waals surface area contributed by atoms with Crippen molar-refractivity contribution in [1.82, 2.24) is 0 Å². The molecule has 0 atom stereocenters. The van der Waals surface area contributed by atoms with Crippen LogP contribution in [0.2, 0.25) is 0 Å². The molecule has 0 aliphatic carbocycles. The van der Waals surface area contributed by atoms with E-state index in [1.165, 1.54) is 11.1 Å². The van der Waals surface area contributed by atoms with E-state index in [9.17, 15) is 5.11 Å². The fourth-order valence-corrected chi connectivity index (χ4v) is 6.12. The molecule has 6 aromatic carbocycles. The largest absolute Gasteiger partial charge is 0.491 e. The van der Waals surface area contributed by atoms with Crippen molar-refractivity contribution in [3.8, 4) is 23.0 Å². The van der Waals surface area contributed by atoms with Gasteiger partial charge in [-0.2, -0.15) is 0 Å². The molecule has 52 heavy (non-hydrogen) atoms. The number of rotatable bonds is 16. The molecule has 1 N–H and O–H groups in total. The van der Waals surface area contributed by atoms with Crippen molar-refractivity contribution < 1.29 is 24.1 Å². The molecule has 0 saturated carbocycles. The van der Waals surface area contributed by atoms with Crippen molar-refractivity contribution in [3.63, 3.8) is 0 Å². The van der Waals surface area contributed by atoms with E-state index >= 15 is 0 Å². The molecule has 0 aliphatic heterocycles. The molecule has 0 radical (unpaired) electrons. The van der Waals surface area contributed by atoms with Crippen LogP contribution in [-0.2, 0) is 24.0 Å². The molecule has 6 aromatic rings. The molecule has 5 heteroatoms. The van der Waals surface area contributed by atoms with Crippen LogP contribution in [0.1, 0.15) is 61.1 Å². The Hall–Kier alpha value is -5.52. The quantitative estimate of drug-likeness (QED) is 0.109. The highest BCUT2D eigenvalue weighted by Crippen LogP contribution is 2.35. The van der Waals surface area contributed by atoms with Gasteiger partial charge in [-0.25, -0.2) is 0 Å². The lowest BCUT2D eigenvalue weighted by Gasteiger charge is -2.27. The van der Waals surface area contributed by atoms with Crippen molar-refractivity contribution in [2.75, 3.05) is 13.2 Å². The van der Waals surface area contributed by atoms with Gasteiger partial charge in [0.05, 0.1) is 0 Å². The molecule has 266 valence electrons. The van der Waals surface area contributed by atoms with E-state index in [1.54, 1.807) is 0 Å². The first-order valence-electron chi connectivity index (χ1n) is 17.9. The van der Waals surface area contributed by atoms with Crippen LogP contribution in [0.25, 0.3) is 0 Å². The van der Waals surface area contributed by atoms with Crippen LogP contribution in [0.15, 0.2) is 158 Å². The zero-order valence-electron chi connectivity index (χ0n) is 30.5. The Morgan fingerprint density at radius 3 is 0.942 bits per heavy atom. The van der Waals surface area contributed by atoms with Crippen molar-refractivity contribution in [2.45, 2.75) is 57.8 Å². The van der Waals surface area contributed by atoms with Crippen LogP contribution in [0.3, 0.4) is 0 Å². The number of aliphatic hydroxyl groups is 1. The second-order valence-corrected chi connectivity index (χ2v) is 14.2. The minimum absolute atomic E-state index is 0.128. The smallest absolute Gasteiger partial charge is 0.122 e. The van der Waals surface area contributed by atoms with Crippen LogP contribution in [0.4, 0.5) is 0 Å². The van der Waals surface area contributed by atoms with Crippen LogP contribution in [0, 0.1) is 0 Å². The van der Waals surface area contributed by atoms with E-state index in [0.29, 0.717) is 24.7 Å². The molecule has 0 aromatic heterocycles. The molecule has 6 rings (SSSR count). The predicted molar refractivity (Wildman–Crippen MR) is 209 cm³/mol. The summed E-state index contributed by atoms with van der Waals surface area (Å²) in [5.74, 6) is 3.09. The first kappa shape index (κ1) is 36.3. The summed E-state index contributed by atoms with van der Waals surface area (Å²) in [6, 6.07) is 53.1. The van der Waals surface area contributed by atoms with Crippen molar-refractivity contribution >= 4 is 0 Å². The van der Waals surface area contributed by atoms with E-state index in [1.807, 2.05) is 84.9 Å². The van der Waals surface area contributed by atoms with Gasteiger partial charge in [0.1, 0.15) is 55.5 Å². The average Bonchev–Trinajstić information content (AvgIpc) is 3.19. The minimum atomic E-state index is -0.780. The van der Waals surface area contributed by atoms with Crippen molar-refractivity contribution in [1.29, 1.82) is 0 Å². The highest BCUT2D eigenvalue weighted by atomic mass is 16.5. The summed E-state index contributed by atoms with van der Waals surface area (Å²) in [7, 11) is 0. The number of hydrogen-bond donors (Lipinski definition) is 1. The number of benzene rings is 6. The monoisotopic (exact) mass is 692 g/mol. The fourth-order valence-electron chi connectivity index (χ4n) is 6.12. The van der Waals surface area contributed by atoms with E-state index in [2.05, 4.69) is 100 Å². The maximum absolute atomic E-state index is 10.6. The van der Waals surface area contributed by atoms with Crippen molar-refractivity contribution in [2.24, 2.45) is 0 Å². The second kappa shape index (κ2) is 16.7. The van der Waals surface area contributed by atoms with E-state index in [0.717, 1.165) is 33.8 Å². The highest BCUT2D eigenvalue weighted by molar-refractivity contribution is 5.43. The SMILES string of the molecule is CC(C)(c1ccc(OCc2ccccc2)cc1)c1ccc(OCC(O)COc2ccc(C(C)(C)c3ccc(OCc4ccccc4)cc3)cc2)cc1. The molecule has 0 amide bonds. The van der Waals surface area contributed by atoms with E-state index in [4.69, 9.17) is 18.9 Å². The lowest BCUT2D eigenvalue weighted by atomic mass is 9.78. The Kier molecular flexibility index (Phi) is 11.6. The lowest BCUT2D eigenvalue weighted by Crippen LogP contribution is -2.25. The summed E-state index contributed by atoms with van der Waals surface area (Å²) in [5, 5.41) is 10.6. The first-order valence-corrected chi connectivity index (χ1v) is 17.9. The number of ether oxygens (including phenoxy) is 4. The fraction of sp³-hybridized carbons (Fsp3) is 0.234. The third kappa shape index (κ3) is 9.42. The van der Waals surface area contributed by atoms with Crippen LogP contribution < -0.4 is 18.9 Å². The zero-order chi connectivity index (χ0) is 36.4. The summed E-state index contributed by atoms with van der Waals surface area (Å²) >= 11 is 0. The Bertz CT molecular complexity index is 1800. The number of hydrogen-bond acceptors (Lipinski definition) is 5. The summed E-state index contributed by atoms with van der Waals surface area (Å²) in [5.41, 5.74) is 6.57. The maximum Gasteiger partial charge on any atom is 0.122 e.